The quantitative estimate of drug-likeness (QED) is 0.713. The van der Waals surface area contributed by atoms with Crippen molar-refractivity contribution in [2.24, 2.45) is 0 Å². The van der Waals surface area contributed by atoms with Crippen LogP contribution in [0, 0.1) is 0 Å². The number of thiophene rings is 1. The highest BCUT2D eigenvalue weighted by atomic mass is 32.2. The average Bonchev–Trinajstić information content (AvgIpc) is 3.45. The largest absolute Gasteiger partial charge is 0.376 e. The van der Waals surface area contributed by atoms with Crippen LogP contribution in [0.15, 0.2) is 17.5 Å². The maximum atomic E-state index is 13.5. The molecule has 4 rings (SSSR count). The van der Waals surface area contributed by atoms with Crippen molar-refractivity contribution in [3.05, 3.63) is 22.4 Å². The second kappa shape index (κ2) is 8.12. The van der Waals surface area contributed by atoms with Crippen molar-refractivity contribution in [1.82, 2.24) is 9.80 Å². The molecule has 3 aliphatic rings. The van der Waals surface area contributed by atoms with Gasteiger partial charge in [-0.3, -0.25) is 9.59 Å². The minimum Gasteiger partial charge on any atom is -0.376 e. The molecule has 4 heterocycles. The minimum absolute atomic E-state index is 0.0110. The normalized spacial score (nSPS) is 29.3. The van der Waals surface area contributed by atoms with Crippen LogP contribution in [0.4, 0.5) is 0 Å². The van der Waals surface area contributed by atoms with Crippen molar-refractivity contribution < 1.29 is 22.7 Å². The molecule has 3 aliphatic heterocycles. The van der Waals surface area contributed by atoms with Gasteiger partial charge in [-0.05, 0) is 43.6 Å². The second-order valence-corrected chi connectivity index (χ2v) is 11.0. The van der Waals surface area contributed by atoms with Crippen LogP contribution >= 0.6 is 11.3 Å². The lowest BCUT2D eigenvalue weighted by Crippen LogP contribution is -2.53. The summed E-state index contributed by atoms with van der Waals surface area (Å²) in [6.07, 6.45) is 3.66. The molecule has 3 fully saturated rings. The molecule has 1 aromatic heterocycles. The Balaban J connectivity index is 1.54. The zero-order valence-corrected chi connectivity index (χ0v) is 17.4. The number of carbonyl (C=O) groups excluding carboxylic acids is 2. The van der Waals surface area contributed by atoms with E-state index in [4.69, 9.17) is 4.74 Å². The van der Waals surface area contributed by atoms with Gasteiger partial charge in [-0.25, -0.2) is 8.42 Å². The molecule has 9 heteroatoms. The Hall–Kier alpha value is -1.45. The molecule has 3 saturated heterocycles. The average molecular weight is 427 g/mol. The summed E-state index contributed by atoms with van der Waals surface area (Å²) < 4.78 is 29.8. The van der Waals surface area contributed by atoms with Gasteiger partial charge < -0.3 is 14.5 Å². The first kappa shape index (κ1) is 19.8. The maximum absolute atomic E-state index is 13.5. The summed E-state index contributed by atoms with van der Waals surface area (Å²) in [5.74, 6) is -0.103. The van der Waals surface area contributed by atoms with E-state index in [0.717, 1.165) is 19.3 Å². The summed E-state index contributed by atoms with van der Waals surface area (Å²) in [5, 5.41) is 1.85. The molecule has 154 valence electrons. The number of ether oxygens (including phenoxy) is 1. The number of amides is 2. The zero-order chi connectivity index (χ0) is 19.7. The number of carbonyl (C=O) groups is 2. The molecule has 0 spiro atoms. The summed E-state index contributed by atoms with van der Waals surface area (Å²) in [4.78, 5) is 30.4. The van der Waals surface area contributed by atoms with Gasteiger partial charge in [-0.2, -0.15) is 0 Å². The lowest BCUT2D eigenvalue weighted by Gasteiger charge is -2.35. The van der Waals surface area contributed by atoms with Crippen molar-refractivity contribution in [3.63, 3.8) is 0 Å². The first-order chi connectivity index (χ1) is 13.4. The van der Waals surface area contributed by atoms with Crippen LogP contribution in [0.25, 0.3) is 0 Å². The van der Waals surface area contributed by atoms with Gasteiger partial charge in [0.1, 0.15) is 6.04 Å². The van der Waals surface area contributed by atoms with Crippen LogP contribution in [-0.2, 0) is 19.4 Å². The molecular weight excluding hydrogens is 400 g/mol. The fourth-order valence-corrected chi connectivity index (χ4v) is 6.86. The van der Waals surface area contributed by atoms with Crippen molar-refractivity contribution in [2.75, 3.05) is 31.2 Å². The molecule has 0 aliphatic carbocycles. The van der Waals surface area contributed by atoms with Crippen LogP contribution < -0.4 is 0 Å². The van der Waals surface area contributed by atoms with Crippen molar-refractivity contribution >= 4 is 33.0 Å². The summed E-state index contributed by atoms with van der Waals surface area (Å²) >= 11 is 1.38. The Kier molecular flexibility index (Phi) is 5.76. The number of hydrogen-bond donors (Lipinski definition) is 0. The highest BCUT2D eigenvalue weighted by Gasteiger charge is 2.42. The smallest absolute Gasteiger partial charge is 0.264 e. The maximum Gasteiger partial charge on any atom is 0.264 e. The number of likely N-dealkylation sites (tertiary alicyclic amines) is 1. The van der Waals surface area contributed by atoms with E-state index in [0.29, 0.717) is 37.4 Å². The number of rotatable bonds is 5. The summed E-state index contributed by atoms with van der Waals surface area (Å²) in [5.41, 5.74) is 0. The molecule has 0 aromatic carbocycles. The molecule has 0 saturated carbocycles. The minimum atomic E-state index is -3.11. The van der Waals surface area contributed by atoms with E-state index in [1.54, 1.807) is 15.9 Å². The van der Waals surface area contributed by atoms with Crippen LogP contribution in [0.3, 0.4) is 0 Å². The SMILES string of the molecule is O=C([C@@H]1CCCN1C(=O)c1cccs1)N(C[C@@H]1CCCO1)[C@@H]1CCS(=O)(=O)C1. The summed E-state index contributed by atoms with van der Waals surface area (Å²) in [7, 11) is -3.11. The van der Waals surface area contributed by atoms with Gasteiger partial charge in [0.2, 0.25) is 5.91 Å². The van der Waals surface area contributed by atoms with E-state index >= 15 is 0 Å². The molecule has 0 N–H and O–H groups in total. The standard InChI is InChI=1S/C19H26N2O5S2/c22-18(16-5-1-8-20(16)19(23)17-6-3-10-27-17)21(12-15-4-2-9-26-15)14-7-11-28(24,25)13-14/h3,6,10,14-16H,1-2,4-5,7-9,11-13H2/t14-,15+,16+/m1/s1. The Morgan fingerprint density at radius 1 is 1.25 bits per heavy atom. The first-order valence-corrected chi connectivity index (χ1v) is 12.6. The third-order valence-electron chi connectivity index (χ3n) is 5.89. The Morgan fingerprint density at radius 3 is 2.75 bits per heavy atom. The fraction of sp³-hybridized carbons (Fsp3) is 0.684. The fourth-order valence-electron chi connectivity index (χ4n) is 4.45. The van der Waals surface area contributed by atoms with E-state index in [2.05, 4.69) is 0 Å². The van der Waals surface area contributed by atoms with E-state index in [1.807, 2.05) is 11.4 Å². The lowest BCUT2D eigenvalue weighted by atomic mass is 10.1. The van der Waals surface area contributed by atoms with E-state index in [1.165, 1.54) is 11.3 Å². The van der Waals surface area contributed by atoms with Crippen LogP contribution in [-0.4, -0.2) is 79.4 Å². The Labute approximate surface area is 169 Å². The van der Waals surface area contributed by atoms with E-state index < -0.39 is 15.9 Å². The van der Waals surface area contributed by atoms with Crippen molar-refractivity contribution in [1.29, 1.82) is 0 Å². The second-order valence-electron chi connectivity index (χ2n) is 7.82. The van der Waals surface area contributed by atoms with Crippen molar-refractivity contribution in [3.8, 4) is 0 Å². The van der Waals surface area contributed by atoms with Crippen LogP contribution in [0.5, 0.6) is 0 Å². The molecule has 0 radical (unpaired) electrons. The predicted octanol–water partition coefficient (Wildman–Crippen LogP) is 1.55. The van der Waals surface area contributed by atoms with Gasteiger partial charge in [0.05, 0.1) is 22.5 Å². The Bertz CT molecular complexity index is 817. The van der Waals surface area contributed by atoms with E-state index in [9.17, 15) is 18.0 Å². The van der Waals surface area contributed by atoms with Gasteiger partial charge in [0.25, 0.3) is 5.91 Å². The molecule has 28 heavy (non-hydrogen) atoms. The molecule has 2 amide bonds. The Morgan fingerprint density at radius 2 is 2.11 bits per heavy atom. The van der Waals surface area contributed by atoms with Crippen molar-refractivity contribution in [2.45, 2.75) is 50.3 Å². The van der Waals surface area contributed by atoms with Gasteiger partial charge >= 0.3 is 0 Å². The topological polar surface area (TPSA) is 84.0 Å². The third kappa shape index (κ3) is 4.11. The number of hydrogen-bond acceptors (Lipinski definition) is 6. The zero-order valence-electron chi connectivity index (χ0n) is 15.8. The van der Waals surface area contributed by atoms with Crippen LogP contribution in [0.1, 0.15) is 41.8 Å². The summed E-state index contributed by atoms with van der Waals surface area (Å²) in [6.45, 7) is 1.66. The first-order valence-electron chi connectivity index (χ1n) is 9.91. The predicted molar refractivity (Wildman–Crippen MR) is 106 cm³/mol. The monoisotopic (exact) mass is 426 g/mol. The molecule has 0 unspecified atom stereocenters. The molecule has 0 bridgehead atoms. The molecule has 3 atom stereocenters. The number of sulfone groups is 1. The highest BCUT2D eigenvalue weighted by Crippen LogP contribution is 2.28. The number of nitrogens with zero attached hydrogens (tertiary/aromatic N) is 2. The third-order valence-corrected chi connectivity index (χ3v) is 8.50. The lowest BCUT2D eigenvalue weighted by molar-refractivity contribution is -0.139. The van der Waals surface area contributed by atoms with Gasteiger partial charge in [-0.15, -0.1) is 11.3 Å². The van der Waals surface area contributed by atoms with Crippen LogP contribution in [0.2, 0.25) is 0 Å². The van der Waals surface area contributed by atoms with E-state index in [-0.39, 0.29) is 35.5 Å². The summed E-state index contributed by atoms with van der Waals surface area (Å²) in [6, 6.07) is 2.78. The molecule has 1 aromatic rings. The highest BCUT2D eigenvalue weighted by molar-refractivity contribution is 7.91. The van der Waals surface area contributed by atoms with Gasteiger partial charge in [0.15, 0.2) is 9.84 Å². The van der Waals surface area contributed by atoms with Gasteiger partial charge in [-0.1, -0.05) is 6.07 Å². The van der Waals surface area contributed by atoms with Gasteiger partial charge in [0, 0.05) is 25.7 Å². The molecular formula is C19H26N2O5S2. The molecule has 7 nitrogen and oxygen atoms in total.